The van der Waals surface area contributed by atoms with Crippen LogP contribution in [-0.4, -0.2) is 39.9 Å². The molecule has 0 saturated carbocycles. The average Bonchev–Trinajstić information content (AvgIpc) is 0.783. The molecule has 0 N–H and O–H groups in total. The van der Waals surface area contributed by atoms with Gasteiger partial charge in [0.15, 0.2) is 0 Å². The van der Waals surface area contributed by atoms with Crippen molar-refractivity contribution in [3.8, 4) is 123 Å². The van der Waals surface area contributed by atoms with Gasteiger partial charge in [-0.1, -0.05) is 261 Å². The van der Waals surface area contributed by atoms with Crippen molar-refractivity contribution in [3.63, 3.8) is 0 Å². The lowest BCUT2D eigenvalue weighted by molar-refractivity contribution is 1.37. The fourth-order valence-electron chi connectivity index (χ4n) is 16.6. The lowest BCUT2D eigenvalue weighted by atomic mass is 9.94. The van der Waals surface area contributed by atoms with Gasteiger partial charge in [-0.3, -0.25) is 9.97 Å². The monoisotopic (exact) mass is 1500 g/mol. The molecule has 0 spiro atoms. The maximum Gasteiger partial charge on any atom is 0.0972 e. The molecule has 8 aromatic heterocycles. The smallest absolute Gasteiger partial charge is 0.0972 e. The summed E-state index contributed by atoms with van der Waals surface area (Å²) in [5.41, 5.74) is 31.6. The SMILES string of the molecule is c1ccc(-c2cc(-c3ccccc3)cc(-c3ccc4cc(-c5ccc6nc(-c7ccc8cc(-c9ccc%10ccc%11cccnc%11c%10n9)ccc8c7)ccc6c5)ccc4n3)c2)cc1.c1ccc(-c2ccc(-c3ccc4cc(-c5ccc6nc(-c7ccc8cc(-c9ccc%10ccc%11cccnc%11c%10n9)ccc8c7)ccc6c5)ccc4n3)cc2)cc1. The van der Waals surface area contributed by atoms with Gasteiger partial charge in [0, 0.05) is 88.9 Å². The Morgan fingerprint density at radius 2 is 0.356 bits per heavy atom. The second-order valence-corrected chi connectivity index (χ2v) is 30.3. The van der Waals surface area contributed by atoms with Crippen LogP contribution in [0.25, 0.3) is 232 Å². The second kappa shape index (κ2) is 29.3. The molecule has 0 aliphatic carbocycles. The highest BCUT2D eigenvalue weighted by Gasteiger charge is 2.17. The predicted octanol–water partition coefficient (Wildman–Crippen LogP) is 28.4. The molecule has 0 amide bonds. The summed E-state index contributed by atoms with van der Waals surface area (Å²) in [6, 6.07) is 142. The van der Waals surface area contributed by atoms with Crippen LogP contribution in [-0.2, 0) is 0 Å². The third-order valence-electron chi connectivity index (χ3n) is 22.9. The molecular weight excluding hydrogens is 1430 g/mol. The first-order valence-electron chi connectivity index (χ1n) is 39.8. The van der Waals surface area contributed by atoms with Gasteiger partial charge >= 0.3 is 0 Å². The van der Waals surface area contributed by atoms with Crippen molar-refractivity contribution in [2.45, 2.75) is 0 Å². The maximum absolute atomic E-state index is 5.18. The maximum atomic E-state index is 5.18. The molecule has 118 heavy (non-hydrogen) atoms. The summed E-state index contributed by atoms with van der Waals surface area (Å²) >= 11 is 0. The third-order valence-corrected chi connectivity index (χ3v) is 22.9. The van der Waals surface area contributed by atoms with E-state index in [2.05, 4.69) is 392 Å². The predicted molar refractivity (Wildman–Crippen MR) is 490 cm³/mol. The Bertz CT molecular complexity index is 7870. The Morgan fingerprint density at radius 3 is 0.712 bits per heavy atom. The van der Waals surface area contributed by atoms with Gasteiger partial charge in [0.1, 0.15) is 0 Å². The molecule has 0 saturated heterocycles. The minimum Gasteiger partial charge on any atom is -0.254 e. The molecule has 23 rings (SSSR count). The molecule has 8 heterocycles. The highest BCUT2D eigenvalue weighted by molar-refractivity contribution is 6.06. The Labute approximate surface area is 680 Å². The van der Waals surface area contributed by atoms with E-state index in [1.54, 1.807) is 0 Å². The van der Waals surface area contributed by atoms with E-state index in [9.17, 15) is 0 Å². The summed E-state index contributed by atoms with van der Waals surface area (Å²) in [4.78, 5) is 39.8. The first-order valence-corrected chi connectivity index (χ1v) is 39.8. The first kappa shape index (κ1) is 68.9. The topological polar surface area (TPSA) is 103 Å². The summed E-state index contributed by atoms with van der Waals surface area (Å²) < 4.78 is 0. The molecule has 0 radical (unpaired) electrons. The number of hydrogen-bond donors (Lipinski definition) is 0. The van der Waals surface area contributed by atoms with Crippen molar-refractivity contribution in [1.29, 1.82) is 0 Å². The molecule has 0 bridgehead atoms. The molecule has 0 unspecified atom stereocenters. The van der Waals surface area contributed by atoms with Crippen LogP contribution < -0.4 is 0 Å². The van der Waals surface area contributed by atoms with Crippen molar-refractivity contribution in [2.24, 2.45) is 0 Å². The summed E-state index contributed by atoms with van der Waals surface area (Å²) in [6.07, 6.45) is 3.66. The van der Waals surface area contributed by atoms with E-state index in [4.69, 9.17) is 29.9 Å². The van der Waals surface area contributed by atoms with Crippen LogP contribution in [0.1, 0.15) is 0 Å². The van der Waals surface area contributed by atoms with Gasteiger partial charge < -0.3 is 0 Å². The number of aromatic nitrogens is 8. The van der Waals surface area contributed by atoms with Crippen LogP contribution >= 0.6 is 0 Å². The Hall–Kier alpha value is -15.9. The quantitative estimate of drug-likeness (QED) is 0.118. The zero-order chi connectivity index (χ0) is 78.0. The van der Waals surface area contributed by atoms with Crippen LogP contribution in [0.5, 0.6) is 0 Å². The summed E-state index contributed by atoms with van der Waals surface area (Å²) in [5.74, 6) is 0. The zero-order valence-corrected chi connectivity index (χ0v) is 63.8. The van der Waals surface area contributed by atoms with Crippen LogP contribution in [0.3, 0.4) is 0 Å². The van der Waals surface area contributed by atoms with Crippen molar-refractivity contribution in [1.82, 2.24) is 39.9 Å². The highest BCUT2D eigenvalue weighted by atomic mass is 14.8. The van der Waals surface area contributed by atoms with Gasteiger partial charge in [-0.25, -0.2) is 29.9 Å². The largest absolute Gasteiger partial charge is 0.254 e. The fourth-order valence-corrected chi connectivity index (χ4v) is 16.6. The minimum absolute atomic E-state index is 0.925. The van der Waals surface area contributed by atoms with Crippen LogP contribution in [0.2, 0.25) is 0 Å². The number of rotatable bonds is 11. The number of nitrogens with zero attached hydrogens (tertiary/aromatic N) is 8. The summed E-state index contributed by atoms with van der Waals surface area (Å²) in [5, 5.41) is 13.4. The third kappa shape index (κ3) is 13.3. The zero-order valence-electron chi connectivity index (χ0n) is 63.8. The fraction of sp³-hybridized carbons (Fsp3) is 0. The summed E-state index contributed by atoms with van der Waals surface area (Å²) in [6.45, 7) is 0. The number of benzene rings is 15. The normalized spacial score (nSPS) is 11.6. The molecular formula is C110H68N8. The van der Waals surface area contributed by atoms with Crippen molar-refractivity contribution in [2.75, 3.05) is 0 Å². The van der Waals surface area contributed by atoms with Crippen LogP contribution in [0.15, 0.2) is 413 Å². The second-order valence-electron chi connectivity index (χ2n) is 30.3. The lowest BCUT2D eigenvalue weighted by Crippen LogP contribution is -1.90. The molecule has 23 aromatic rings. The minimum atomic E-state index is 0.925. The highest BCUT2D eigenvalue weighted by Crippen LogP contribution is 2.39. The van der Waals surface area contributed by atoms with Gasteiger partial charge in [0.2, 0.25) is 0 Å². The van der Waals surface area contributed by atoms with E-state index in [-0.39, 0.29) is 0 Å². The van der Waals surface area contributed by atoms with E-state index in [1.165, 1.54) is 33.4 Å². The number of fused-ring (bicyclic) bond motifs is 12. The van der Waals surface area contributed by atoms with E-state index < -0.39 is 0 Å². The number of pyridine rings is 8. The van der Waals surface area contributed by atoms with Crippen LogP contribution in [0.4, 0.5) is 0 Å². The molecule has 8 nitrogen and oxygen atoms in total. The molecule has 0 aliphatic heterocycles. The van der Waals surface area contributed by atoms with Gasteiger partial charge in [0.25, 0.3) is 0 Å². The molecule has 0 atom stereocenters. The van der Waals surface area contributed by atoms with E-state index in [0.717, 1.165) is 199 Å². The van der Waals surface area contributed by atoms with E-state index in [1.807, 2.05) is 30.6 Å². The standard InChI is InChI=1S/C58H36N4.C52H32N4/c1-3-8-37(9-4-1)49-34-50(38-10-5-2-6-11-38)36-51(35-49)56-28-23-48-33-44(21-26-53(48)61-56)43-20-25-52-47(32-43)22-27-54(60-52)45-17-15-42-31-46(18-16-41(42)30-45)55-24-19-40-14-13-39-12-7-29-59-57(39)58(40)62-55;1-2-5-33(6-3-1)34-8-10-35(11-9-34)46-26-21-44-31-40(19-24-47(44)54-46)41-20-25-48-45(32-41)22-27-49(55-48)42-16-14-39-30-43(17-15-38(39)29-42)50-23-18-37-13-12-36-7-4-28-53-51(36)52(37)56-50/h1-36H;1-32H. The first-order chi connectivity index (χ1) is 58.3. The van der Waals surface area contributed by atoms with E-state index in [0.29, 0.717) is 0 Å². The van der Waals surface area contributed by atoms with Gasteiger partial charge in [-0.05, 0) is 217 Å². The number of hydrogen-bond acceptors (Lipinski definition) is 8. The Balaban J connectivity index is 0.000000143. The molecule has 0 aliphatic rings. The van der Waals surface area contributed by atoms with Gasteiger partial charge in [-0.2, -0.15) is 0 Å². The molecule has 0 fully saturated rings. The summed E-state index contributed by atoms with van der Waals surface area (Å²) in [7, 11) is 0. The molecule has 548 valence electrons. The molecule has 8 heteroatoms. The Morgan fingerprint density at radius 1 is 0.119 bits per heavy atom. The Kier molecular flexibility index (Phi) is 17.1. The average molecular weight is 1500 g/mol. The van der Waals surface area contributed by atoms with Gasteiger partial charge in [-0.15, -0.1) is 0 Å². The molecule has 15 aromatic carbocycles. The lowest BCUT2D eigenvalue weighted by Gasteiger charge is -2.12. The van der Waals surface area contributed by atoms with Crippen molar-refractivity contribution < 1.29 is 0 Å². The van der Waals surface area contributed by atoms with Crippen LogP contribution in [0, 0.1) is 0 Å². The van der Waals surface area contributed by atoms with Crippen molar-refractivity contribution in [3.05, 3.63) is 413 Å². The van der Waals surface area contributed by atoms with Gasteiger partial charge in [0.05, 0.1) is 78.3 Å². The van der Waals surface area contributed by atoms with Crippen molar-refractivity contribution >= 4 is 109 Å². The van der Waals surface area contributed by atoms with E-state index >= 15 is 0 Å².